The molecule has 0 aromatic carbocycles. The van der Waals surface area contributed by atoms with E-state index in [-0.39, 0.29) is 0 Å². The van der Waals surface area contributed by atoms with Crippen LogP contribution in [0.3, 0.4) is 0 Å². The summed E-state index contributed by atoms with van der Waals surface area (Å²) in [6.45, 7) is 5.19. The zero-order valence-electron chi connectivity index (χ0n) is 12.8. The van der Waals surface area contributed by atoms with Gasteiger partial charge in [-0.25, -0.2) is 4.98 Å². The third-order valence-corrected chi connectivity index (χ3v) is 5.07. The molecule has 1 saturated heterocycles. The van der Waals surface area contributed by atoms with E-state index in [1.807, 2.05) is 19.2 Å². The van der Waals surface area contributed by atoms with E-state index in [9.17, 15) is 0 Å². The Bertz CT molecular complexity index is 465. The van der Waals surface area contributed by atoms with Gasteiger partial charge in [0.2, 0.25) is 0 Å². The van der Waals surface area contributed by atoms with Gasteiger partial charge in [0.1, 0.15) is 5.82 Å². The Kier molecular flexibility index (Phi) is 4.99. The van der Waals surface area contributed by atoms with E-state index in [0.717, 1.165) is 48.8 Å². The lowest BCUT2D eigenvalue weighted by molar-refractivity contribution is 0.187. The SMILES string of the molecule is CNCc1nc(N2CCN(C3CCCC3)CC2)ccc1Cl. The average molecular weight is 309 g/mol. The molecule has 2 heterocycles. The second kappa shape index (κ2) is 6.95. The molecule has 3 rings (SSSR count). The summed E-state index contributed by atoms with van der Waals surface area (Å²) in [5.74, 6) is 1.07. The first-order valence-corrected chi connectivity index (χ1v) is 8.45. The summed E-state index contributed by atoms with van der Waals surface area (Å²) in [6.07, 6.45) is 5.62. The molecule has 1 saturated carbocycles. The molecular formula is C16H25ClN4. The Balaban J connectivity index is 1.62. The van der Waals surface area contributed by atoms with E-state index in [0.29, 0.717) is 6.54 Å². The minimum absolute atomic E-state index is 0.717. The van der Waals surface area contributed by atoms with Crippen LogP contribution in [0.25, 0.3) is 0 Å². The highest BCUT2D eigenvalue weighted by Gasteiger charge is 2.26. The molecule has 0 unspecified atom stereocenters. The zero-order valence-corrected chi connectivity index (χ0v) is 13.6. The molecule has 1 aliphatic carbocycles. The molecule has 2 aliphatic rings. The number of hydrogen-bond acceptors (Lipinski definition) is 4. The second-order valence-electron chi connectivity index (χ2n) is 6.09. The summed E-state index contributed by atoms with van der Waals surface area (Å²) in [7, 11) is 1.92. The van der Waals surface area contributed by atoms with Crippen molar-refractivity contribution in [3.8, 4) is 0 Å². The number of hydrogen-bond donors (Lipinski definition) is 1. The van der Waals surface area contributed by atoms with Crippen LogP contribution in [0.1, 0.15) is 31.4 Å². The van der Waals surface area contributed by atoms with Gasteiger partial charge in [-0.1, -0.05) is 24.4 Å². The molecule has 1 aromatic rings. The van der Waals surface area contributed by atoms with Crippen molar-refractivity contribution in [2.24, 2.45) is 0 Å². The third kappa shape index (κ3) is 3.50. The molecule has 0 atom stereocenters. The zero-order chi connectivity index (χ0) is 14.7. The van der Waals surface area contributed by atoms with Gasteiger partial charge in [0.15, 0.2) is 0 Å². The predicted molar refractivity (Wildman–Crippen MR) is 88.1 cm³/mol. The first kappa shape index (κ1) is 15.1. The van der Waals surface area contributed by atoms with Crippen LogP contribution in [-0.2, 0) is 6.54 Å². The van der Waals surface area contributed by atoms with Crippen LogP contribution in [-0.4, -0.2) is 49.2 Å². The summed E-state index contributed by atoms with van der Waals surface area (Å²) in [5, 5.41) is 3.87. The number of rotatable bonds is 4. The molecule has 0 amide bonds. The summed E-state index contributed by atoms with van der Waals surface area (Å²) < 4.78 is 0. The van der Waals surface area contributed by atoms with Crippen molar-refractivity contribution in [3.63, 3.8) is 0 Å². The minimum Gasteiger partial charge on any atom is -0.354 e. The van der Waals surface area contributed by atoms with Crippen LogP contribution in [0.15, 0.2) is 12.1 Å². The molecule has 0 spiro atoms. The number of nitrogens with one attached hydrogen (secondary N) is 1. The first-order valence-electron chi connectivity index (χ1n) is 8.07. The van der Waals surface area contributed by atoms with Crippen molar-refractivity contribution in [2.45, 2.75) is 38.3 Å². The molecule has 116 valence electrons. The number of aromatic nitrogens is 1. The lowest BCUT2D eigenvalue weighted by Crippen LogP contribution is -2.50. The molecule has 4 nitrogen and oxygen atoms in total. The number of nitrogens with zero attached hydrogens (tertiary/aromatic N) is 3. The van der Waals surface area contributed by atoms with E-state index in [1.165, 1.54) is 25.7 Å². The Morgan fingerprint density at radius 2 is 1.90 bits per heavy atom. The molecule has 1 aliphatic heterocycles. The molecule has 1 N–H and O–H groups in total. The van der Waals surface area contributed by atoms with Gasteiger partial charge in [-0.2, -0.15) is 0 Å². The topological polar surface area (TPSA) is 31.4 Å². The van der Waals surface area contributed by atoms with Crippen molar-refractivity contribution < 1.29 is 0 Å². The maximum absolute atomic E-state index is 6.19. The molecule has 2 fully saturated rings. The monoisotopic (exact) mass is 308 g/mol. The smallest absolute Gasteiger partial charge is 0.129 e. The van der Waals surface area contributed by atoms with E-state index >= 15 is 0 Å². The van der Waals surface area contributed by atoms with E-state index in [1.54, 1.807) is 0 Å². The lowest BCUT2D eigenvalue weighted by atomic mass is 10.2. The summed E-state index contributed by atoms with van der Waals surface area (Å²) in [6, 6.07) is 4.86. The largest absolute Gasteiger partial charge is 0.354 e. The first-order chi connectivity index (χ1) is 10.3. The number of anilines is 1. The van der Waals surface area contributed by atoms with Crippen molar-refractivity contribution in [1.29, 1.82) is 0 Å². The molecule has 21 heavy (non-hydrogen) atoms. The van der Waals surface area contributed by atoms with Gasteiger partial charge in [0, 0.05) is 38.8 Å². The average Bonchev–Trinajstić information content (AvgIpc) is 3.04. The quantitative estimate of drug-likeness (QED) is 0.926. The minimum atomic E-state index is 0.717. The number of pyridine rings is 1. The van der Waals surface area contributed by atoms with Gasteiger partial charge in [-0.15, -0.1) is 0 Å². The highest BCUT2D eigenvalue weighted by molar-refractivity contribution is 6.31. The lowest BCUT2D eigenvalue weighted by Gasteiger charge is -2.38. The normalized spacial score (nSPS) is 21.1. The van der Waals surface area contributed by atoms with Crippen molar-refractivity contribution in [2.75, 3.05) is 38.1 Å². The van der Waals surface area contributed by atoms with E-state index in [2.05, 4.69) is 15.1 Å². The second-order valence-corrected chi connectivity index (χ2v) is 6.50. The predicted octanol–water partition coefficient (Wildman–Crippen LogP) is 2.52. The molecule has 0 radical (unpaired) electrons. The molecule has 5 heteroatoms. The van der Waals surface area contributed by atoms with Crippen LogP contribution < -0.4 is 10.2 Å². The van der Waals surface area contributed by atoms with Crippen molar-refractivity contribution in [3.05, 3.63) is 22.8 Å². The van der Waals surface area contributed by atoms with Crippen LogP contribution in [0.4, 0.5) is 5.82 Å². The fourth-order valence-corrected chi connectivity index (χ4v) is 3.70. The number of halogens is 1. The van der Waals surface area contributed by atoms with Gasteiger partial charge in [-0.3, -0.25) is 4.90 Å². The standard InChI is InChI=1S/C16H25ClN4/c1-18-12-15-14(17)6-7-16(19-15)21-10-8-20(9-11-21)13-4-2-3-5-13/h6-7,13,18H,2-5,8-12H2,1H3. The summed E-state index contributed by atoms with van der Waals surface area (Å²) >= 11 is 6.19. The van der Waals surface area contributed by atoms with Crippen molar-refractivity contribution in [1.82, 2.24) is 15.2 Å². The summed E-state index contributed by atoms with van der Waals surface area (Å²) in [4.78, 5) is 9.79. The maximum Gasteiger partial charge on any atom is 0.129 e. The number of piperazine rings is 1. The fourth-order valence-electron chi connectivity index (χ4n) is 3.53. The van der Waals surface area contributed by atoms with Gasteiger partial charge in [0.05, 0.1) is 10.7 Å². The van der Waals surface area contributed by atoms with Crippen LogP contribution in [0.2, 0.25) is 5.02 Å². The van der Waals surface area contributed by atoms with Crippen LogP contribution >= 0.6 is 11.6 Å². The third-order valence-electron chi connectivity index (χ3n) is 4.73. The van der Waals surface area contributed by atoms with E-state index < -0.39 is 0 Å². The van der Waals surface area contributed by atoms with Gasteiger partial charge in [0.25, 0.3) is 0 Å². The van der Waals surface area contributed by atoms with Gasteiger partial charge < -0.3 is 10.2 Å². The van der Waals surface area contributed by atoms with Crippen molar-refractivity contribution >= 4 is 17.4 Å². The Hall–Kier alpha value is -0.840. The van der Waals surface area contributed by atoms with E-state index in [4.69, 9.17) is 16.6 Å². The molecular weight excluding hydrogens is 284 g/mol. The maximum atomic E-state index is 6.19. The highest BCUT2D eigenvalue weighted by Crippen LogP contribution is 2.26. The Labute approximate surface area is 132 Å². The van der Waals surface area contributed by atoms with Gasteiger partial charge in [-0.05, 0) is 32.0 Å². The van der Waals surface area contributed by atoms with Crippen LogP contribution in [0.5, 0.6) is 0 Å². The molecule has 0 bridgehead atoms. The highest BCUT2D eigenvalue weighted by atomic mass is 35.5. The summed E-state index contributed by atoms with van der Waals surface area (Å²) in [5.41, 5.74) is 0.940. The Morgan fingerprint density at radius 3 is 2.57 bits per heavy atom. The molecule has 1 aromatic heterocycles. The van der Waals surface area contributed by atoms with Crippen LogP contribution in [0, 0.1) is 0 Å². The Morgan fingerprint density at radius 1 is 1.19 bits per heavy atom. The van der Waals surface area contributed by atoms with Gasteiger partial charge >= 0.3 is 0 Å². The fraction of sp³-hybridized carbons (Fsp3) is 0.688.